The van der Waals surface area contributed by atoms with Crippen LogP contribution in [0.15, 0.2) is 0 Å². The SMILES string of the molecule is CCC(CC)(CN)C(=O)OCC#N. The van der Waals surface area contributed by atoms with Crippen molar-refractivity contribution in [1.82, 2.24) is 0 Å². The van der Waals surface area contributed by atoms with Gasteiger partial charge in [0.2, 0.25) is 0 Å². The number of nitrogens with two attached hydrogens (primary N) is 1. The van der Waals surface area contributed by atoms with E-state index in [9.17, 15) is 4.79 Å². The van der Waals surface area contributed by atoms with Crippen LogP contribution in [0.4, 0.5) is 0 Å². The zero-order valence-electron chi connectivity index (χ0n) is 8.17. The summed E-state index contributed by atoms with van der Waals surface area (Å²) >= 11 is 0. The van der Waals surface area contributed by atoms with E-state index in [2.05, 4.69) is 0 Å². The van der Waals surface area contributed by atoms with Crippen LogP contribution in [0, 0.1) is 16.7 Å². The van der Waals surface area contributed by atoms with Crippen molar-refractivity contribution in [3.8, 4) is 6.07 Å². The molecule has 0 spiro atoms. The van der Waals surface area contributed by atoms with Gasteiger partial charge in [-0.15, -0.1) is 0 Å². The Balaban J connectivity index is 4.37. The molecule has 0 rings (SSSR count). The van der Waals surface area contributed by atoms with Gasteiger partial charge in [-0.3, -0.25) is 4.79 Å². The predicted molar refractivity (Wildman–Crippen MR) is 48.6 cm³/mol. The van der Waals surface area contributed by atoms with E-state index in [0.717, 1.165) is 0 Å². The Morgan fingerprint density at radius 2 is 2.08 bits per heavy atom. The summed E-state index contributed by atoms with van der Waals surface area (Å²) in [7, 11) is 0. The Morgan fingerprint density at radius 3 is 2.38 bits per heavy atom. The number of carbonyl (C=O) groups excluding carboxylic acids is 1. The Kier molecular flexibility index (Phi) is 5.09. The summed E-state index contributed by atoms with van der Waals surface area (Å²) in [5.41, 5.74) is 4.92. The topological polar surface area (TPSA) is 76.1 Å². The minimum absolute atomic E-state index is 0.194. The molecule has 4 heteroatoms. The first-order valence-electron chi connectivity index (χ1n) is 4.41. The summed E-state index contributed by atoms with van der Waals surface area (Å²) in [6.07, 6.45) is 1.29. The van der Waals surface area contributed by atoms with Crippen molar-refractivity contribution in [2.75, 3.05) is 13.2 Å². The fourth-order valence-corrected chi connectivity index (χ4v) is 1.16. The van der Waals surface area contributed by atoms with Crippen LogP contribution in [0.2, 0.25) is 0 Å². The molecule has 0 aromatic carbocycles. The van der Waals surface area contributed by atoms with E-state index < -0.39 is 5.41 Å². The number of hydrogen-bond acceptors (Lipinski definition) is 4. The fraction of sp³-hybridized carbons (Fsp3) is 0.778. The number of esters is 1. The monoisotopic (exact) mass is 184 g/mol. The van der Waals surface area contributed by atoms with Crippen molar-refractivity contribution in [3.05, 3.63) is 0 Å². The summed E-state index contributed by atoms with van der Waals surface area (Å²) < 4.78 is 4.75. The molecule has 0 radical (unpaired) electrons. The highest BCUT2D eigenvalue weighted by atomic mass is 16.5. The second-order valence-corrected chi connectivity index (χ2v) is 2.93. The summed E-state index contributed by atoms with van der Waals surface area (Å²) in [4.78, 5) is 11.5. The molecule has 13 heavy (non-hydrogen) atoms. The first-order valence-corrected chi connectivity index (χ1v) is 4.41. The first-order chi connectivity index (χ1) is 6.16. The largest absolute Gasteiger partial charge is 0.450 e. The molecule has 0 unspecified atom stereocenters. The van der Waals surface area contributed by atoms with Gasteiger partial charge in [0, 0.05) is 6.54 Å². The van der Waals surface area contributed by atoms with Gasteiger partial charge >= 0.3 is 5.97 Å². The lowest BCUT2D eigenvalue weighted by Gasteiger charge is -2.26. The lowest BCUT2D eigenvalue weighted by Crippen LogP contribution is -2.39. The average molecular weight is 184 g/mol. The van der Waals surface area contributed by atoms with E-state index in [1.807, 2.05) is 13.8 Å². The van der Waals surface area contributed by atoms with Crippen molar-refractivity contribution in [3.63, 3.8) is 0 Å². The second-order valence-electron chi connectivity index (χ2n) is 2.93. The minimum atomic E-state index is -0.600. The van der Waals surface area contributed by atoms with Crippen molar-refractivity contribution in [1.29, 1.82) is 5.26 Å². The van der Waals surface area contributed by atoms with Crippen LogP contribution in [0.3, 0.4) is 0 Å². The quantitative estimate of drug-likeness (QED) is 0.642. The van der Waals surface area contributed by atoms with Gasteiger partial charge in [-0.1, -0.05) is 13.8 Å². The highest BCUT2D eigenvalue weighted by Crippen LogP contribution is 2.26. The molecule has 74 valence electrons. The minimum Gasteiger partial charge on any atom is -0.450 e. The Bertz CT molecular complexity index is 196. The van der Waals surface area contributed by atoms with Crippen LogP contribution in [-0.2, 0) is 9.53 Å². The molecule has 0 aliphatic heterocycles. The van der Waals surface area contributed by atoms with Crippen LogP contribution in [0.25, 0.3) is 0 Å². The van der Waals surface area contributed by atoms with E-state index in [1.165, 1.54) is 0 Å². The molecule has 0 fully saturated rings. The molecule has 0 aliphatic carbocycles. The number of hydrogen-bond donors (Lipinski definition) is 1. The molecule has 0 heterocycles. The maximum absolute atomic E-state index is 11.5. The number of nitrogens with zero attached hydrogens (tertiary/aromatic N) is 1. The van der Waals surface area contributed by atoms with E-state index in [4.69, 9.17) is 15.7 Å². The number of nitriles is 1. The fourth-order valence-electron chi connectivity index (χ4n) is 1.16. The first kappa shape index (κ1) is 11.9. The van der Waals surface area contributed by atoms with E-state index in [0.29, 0.717) is 12.8 Å². The van der Waals surface area contributed by atoms with Crippen LogP contribution >= 0.6 is 0 Å². The summed E-state index contributed by atoms with van der Waals surface area (Å²) in [6.45, 7) is 3.86. The highest BCUT2D eigenvalue weighted by molar-refractivity contribution is 5.77. The van der Waals surface area contributed by atoms with Gasteiger partial charge in [-0.2, -0.15) is 5.26 Å². The maximum Gasteiger partial charge on any atom is 0.314 e. The molecule has 0 atom stereocenters. The number of carbonyl (C=O) groups is 1. The molecule has 4 nitrogen and oxygen atoms in total. The van der Waals surface area contributed by atoms with Crippen LogP contribution < -0.4 is 5.73 Å². The van der Waals surface area contributed by atoms with Gasteiger partial charge in [0.25, 0.3) is 0 Å². The third kappa shape index (κ3) is 2.71. The van der Waals surface area contributed by atoms with E-state index in [1.54, 1.807) is 6.07 Å². The zero-order chi connectivity index (χ0) is 10.3. The third-order valence-corrected chi connectivity index (χ3v) is 2.45. The third-order valence-electron chi connectivity index (χ3n) is 2.45. The average Bonchev–Trinajstić information content (AvgIpc) is 2.18. The predicted octanol–water partition coefficient (Wildman–Crippen LogP) is 0.818. The lowest BCUT2D eigenvalue weighted by molar-refractivity contribution is -0.154. The number of rotatable bonds is 5. The van der Waals surface area contributed by atoms with Gasteiger partial charge in [-0.25, -0.2) is 0 Å². The molecule has 0 amide bonds. The number of ether oxygens (including phenoxy) is 1. The molecular weight excluding hydrogens is 168 g/mol. The normalized spacial score (nSPS) is 10.6. The standard InChI is InChI=1S/C9H16N2O2/c1-3-9(4-2,7-11)8(12)13-6-5-10/h3-4,6-7,11H2,1-2H3. The summed E-state index contributed by atoms with van der Waals surface area (Å²) in [5, 5.41) is 8.24. The van der Waals surface area contributed by atoms with Gasteiger partial charge < -0.3 is 10.5 Å². The summed E-state index contributed by atoms with van der Waals surface area (Å²) in [5.74, 6) is -0.360. The van der Waals surface area contributed by atoms with E-state index in [-0.39, 0.29) is 19.1 Å². The van der Waals surface area contributed by atoms with Gasteiger partial charge in [0.05, 0.1) is 5.41 Å². The maximum atomic E-state index is 11.5. The Hall–Kier alpha value is -1.08. The Labute approximate surface area is 78.7 Å². The Morgan fingerprint density at radius 1 is 1.54 bits per heavy atom. The van der Waals surface area contributed by atoms with Crippen molar-refractivity contribution in [2.45, 2.75) is 26.7 Å². The van der Waals surface area contributed by atoms with Gasteiger partial charge in [-0.05, 0) is 12.8 Å². The van der Waals surface area contributed by atoms with Crippen molar-refractivity contribution in [2.24, 2.45) is 11.1 Å². The van der Waals surface area contributed by atoms with Crippen LogP contribution in [-0.4, -0.2) is 19.1 Å². The van der Waals surface area contributed by atoms with Gasteiger partial charge in [0.15, 0.2) is 6.61 Å². The van der Waals surface area contributed by atoms with Crippen molar-refractivity contribution >= 4 is 5.97 Å². The lowest BCUT2D eigenvalue weighted by atomic mass is 9.82. The molecule has 0 aromatic rings. The molecule has 0 aliphatic rings. The van der Waals surface area contributed by atoms with Crippen molar-refractivity contribution < 1.29 is 9.53 Å². The molecular formula is C9H16N2O2. The highest BCUT2D eigenvalue weighted by Gasteiger charge is 2.34. The molecule has 0 saturated carbocycles. The molecule has 2 N–H and O–H groups in total. The second kappa shape index (κ2) is 5.55. The summed E-state index contributed by atoms with van der Waals surface area (Å²) in [6, 6.07) is 1.76. The zero-order valence-corrected chi connectivity index (χ0v) is 8.17. The van der Waals surface area contributed by atoms with Crippen LogP contribution in [0.1, 0.15) is 26.7 Å². The van der Waals surface area contributed by atoms with Crippen LogP contribution in [0.5, 0.6) is 0 Å². The van der Waals surface area contributed by atoms with Gasteiger partial charge in [0.1, 0.15) is 6.07 Å². The molecule has 0 bridgehead atoms. The van der Waals surface area contributed by atoms with E-state index >= 15 is 0 Å². The smallest absolute Gasteiger partial charge is 0.314 e. The molecule has 0 aromatic heterocycles. The molecule has 0 saturated heterocycles.